The number of hydrogen-bond donors (Lipinski definition) is 2. The monoisotopic (exact) mass is 183 g/mol. The van der Waals surface area contributed by atoms with E-state index in [2.05, 4.69) is 18.8 Å². The Balaban J connectivity index is 3.15. The minimum Gasteiger partial charge on any atom is -0.328 e. The van der Waals surface area contributed by atoms with Crippen LogP contribution in [-0.4, -0.2) is 16.1 Å². The van der Waals surface area contributed by atoms with Gasteiger partial charge in [0, 0.05) is 18.9 Å². The van der Waals surface area contributed by atoms with Gasteiger partial charge in [-0.05, 0) is 12.8 Å². The third-order valence-electron chi connectivity index (χ3n) is 2.86. The maximum absolute atomic E-state index is 11.4. The van der Waals surface area contributed by atoms with Crippen LogP contribution in [-0.2, 0) is 5.54 Å². The fourth-order valence-electron chi connectivity index (χ4n) is 1.67. The van der Waals surface area contributed by atoms with E-state index >= 15 is 0 Å². The van der Waals surface area contributed by atoms with Gasteiger partial charge in [-0.3, -0.25) is 4.57 Å². The van der Waals surface area contributed by atoms with E-state index in [1.165, 1.54) is 0 Å². The van der Waals surface area contributed by atoms with Gasteiger partial charge in [-0.15, -0.1) is 0 Å². The van der Waals surface area contributed by atoms with Crippen molar-refractivity contribution in [3.05, 3.63) is 22.9 Å². The zero-order valence-electron chi connectivity index (χ0n) is 8.21. The fourth-order valence-corrected chi connectivity index (χ4v) is 1.67. The number of rotatable bonds is 4. The first kappa shape index (κ1) is 10.1. The second-order valence-corrected chi connectivity index (χ2v) is 3.27. The molecule has 0 aliphatic rings. The van der Waals surface area contributed by atoms with Gasteiger partial charge in [0.25, 0.3) is 0 Å². The highest BCUT2D eigenvalue weighted by atomic mass is 16.1. The number of imidazole rings is 1. The van der Waals surface area contributed by atoms with Gasteiger partial charge in [0.05, 0.1) is 5.54 Å². The van der Waals surface area contributed by atoms with Crippen LogP contribution in [0.1, 0.15) is 26.7 Å². The van der Waals surface area contributed by atoms with Crippen LogP contribution in [0.4, 0.5) is 0 Å². The zero-order valence-corrected chi connectivity index (χ0v) is 8.21. The molecule has 0 unspecified atom stereocenters. The molecule has 0 saturated heterocycles. The van der Waals surface area contributed by atoms with Crippen LogP contribution in [0.15, 0.2) is 17.2 Å². The summed E-state index contributed by atoms with van der Waals surface area (Å²) in [6.07, 6.45) is 5.16. The third kappa shape index (κ3) is 1.54. The first-order valence-electron chi connectivity index (χ1n) is 4.66. The molecular formula is C9H17N3O. The lowest BCUT2D eigenvalue weighted by Gasteiger charge is -2.30. The second-order valence-electron chi connectivity index (χ2n) is 3.27. The predicted octanol–water partition coefficient (Wildman–Crippen LogP) is 0.650. The Labute approximate surface area is 77.8 Å². The number of H-pyrrole nitrogens is 1. The molecule has 0 saturated carbocycles. The van der Waals surface area contributed by atoms with Crippen molar-refractivity contribution in [2.75, 3.05) is 6.54 Å². The highest BCUT2D eigenvalue weighted by molar-refractivity contribution is 4.91. The van der Waals surface area contributed by atoms with E-state index in [4.69, 9.17) is 5.73 Å². The van der Waals surface area contributed by atoms with Gasteiger partial charge >= 0.3 is 5.69 Å². The molecule has 0 aliphatic heterocycles. The lowest BCUT2D eigenvalue weighted by atomic mass is 9.93. The third-order valence-corrected chi connectivity index (χ3v) is 2.86. The highest BCUT2D eigenvalue weighted by Gasteiger charge is 2.27. The molecule has 0 aliphatic carbocycles. The fraction of sp³-hybridized carbons (Fsp3) is 0.667. The zero-order chi connectivity index (χ0) is 9.90. The highest BCUT2D eigenvalue weighted by Crippen LogP contribution is 2.21. The number of aromatic nitrogens is 2. The average Bonchev–Trinajstić information content (AvgIpc) is 2.57. The molecule has 0 fully saturated rings. The number of hydrogen-bond acceptors (Lipinski definition) is 2. The van der Waals surface area contributed by atoms with Crippen molar-refractivity contribution in [2.45, 2.75) is 32.2 Å². The summed E-state index contributed by atoms with van der Waals surface area (Å²) >= 11 is 0. The van der Waals surface area contributed by atoms with E-state index in [1.54, 1.807) is 17.0 Å². The average molecular weight is 183 g/mol. The smallest absolute Gasteiger partial charge is 0.326 e. The van der Waals surface area contributed by atoms with Crippen LogP contribution in [0.25, 0.3) is 0 Å². The molecule has 1 aromatic heterocycles. The summed E-state index contributed by atoms with van der Waals surface area (Å²) in [4.78, 5) is 14.0. The van der Waals surface area contributed by atoms with Crippen LogP contribution in [0, 0.1) is 0 Å². The predicted molar refractivity (Wildman–Crippen MR) is 52.7 cm³/mol. The Hall–Kier alpha value is -1.03. The van der Waals surface area contributed by atoms with Gasteiger partial charge < -0.3 is 10.7 Å². The largest absolute Gasteiger partial charge is 0.328 e. The molecule has 1 heterocycles. The molecule has 74 valence electrons. The molecule has 0 aromatic carbocycles. The minimum absolute atomic E-state index is 0.0749. The van der Waals surface area contributed by atoms with Gasteiger partial charge in [0.1, 0.15) is 0 Å². The van der Waals surface area contributed by atoms with Crippen molar-refractivity contribution in [3.63, 3.8) is 0 Å². The van der Waals surface area contributed by atoms with Crippen molar-refractivity contribution >= 4 is 0 Å². The Morgan fingerprint density at radius 1 is 1.54 bits per heavy atom. The van der Waals surface area contributed by atoms with E-state index in [-0.39, 0.29) is 11.2 Å². The van der Waals surface area contributed by atoms with Gasteiger partial charge in [-0.1, -0.05) is 13.8 Å². The molecule has 13 heavy (non-hydrogen) atoms. The van der Waals surface area contributed by atoms with E-state index in [0.717, 1.165) is 12.8 Å². The topological polar surface area (TPSA) is 63.8 Å². The Kier molecular flexibility index (Phi) is 2.93. The molecule has 4 heteroatoms. The van der Waals surface area contributed by atoms with Crippen molar-refractivity contribution < 1.29 is 0 Å². The van der Waals surface area contributed by atoms with Crippen molar-refractivity contribution in [1.82, 2.24) is 9.55 Å². The summed E-state index contributed by atoms with van der Waals surface area (Å²) in [5.41, 5.74) is 5.43. The molecule has 4 nitrogen and oxygen atoms in total. The summed E-state index contributed by atoms with van der Waals surface area (Å²) in [5, 5.41) is 0. The number of aromatic amines is 1. The quantitative estimate of drug-likeness (QED) is 0.720. The first-order chi connectivity index (χ1) is 6.20. The van der Waals surface area contributed by atoms with Gasteiger partial charge in [-0.2, -0.15) is 0 Å². The standard InChI is InChI=1S/C9H17N3O/c1-3-9(4-2,7-10)12-6-5-11-8(12)13/h5-6H,3-4,7,10H2,1-2H3,(H,11,13). The molecule has 0 spiro atoms. The molecule has 0 bridgehead atoms. The van der Waals surface area contributed by atoms with E-state index < -0.39 is 0 Å². The lowest BCUT2D eigenvalue weighted by Crippen LogP contribution is -2.44. The van der Waals surface area contributed by atoms with Crippen LogP contribution in [0.5, 0.6) is 0 Å². The molecule has 0 amide bonds. The van der Waals surface area contributed by atoms with E-state index in [0.29, 0.717) is 6.54 Å². The Morgan fingerprint density at radius 2 is 2.15 bits per heavy atom. The molecule has 0 radical (unpaired) electrons. The van der Waals surface area contributed by atoms with Gasteiger partial charge in [0.2, 0.25) is 0 Å². The molecule has 1 aromatic rings. The molecule has 3 N–H and O–H groups in total. The van der Waals surface area contributed by atoms with Gasteiger partial charge in [-0.25, -0.2) is 4.79 Å². The summed E-state index contributed by atoms with van der Waals surface area (Å²) < 4.78 is 1.70. The summed E-state index contributed by atoms with van der Waals surface area (Å²) in [7, 11) is 0. The molecular weight excluding hydrogens is 166 g/mol. The van der Waals surface area contributed by atoms with Crippen molar-refractivity contribution in [1.29, 1.82) is 0 Å². The van der Waals surface area contributed by atoms with Crippen LogP contribution in [0.3, 0.4) is 0 Å². The maximum atomic E-state index is 11.4. The van der Waals surface area contributed by atoms with Crippen LogP contribution in [0.2, 0.25) is 0 Å². The normalized spacial score (nSPS) is 11.9. The summed E-state index contributed by atoms with van der Waals surface area (Å²) in [5.74, 6) is 0. The Morgan fingerprint density at radius 3 is 2.46 bits per heavy atom. The second kappa shape index (κ2) is 3.79. The SMILES string of the molecule is CCC(CC)(CN)n1cc[nH]c1=O. The van der Waals surface area contributed by atoms with Crippen molar-refractivity contribution in [2.24, 2.45) is 5.73 Å². The lowest BCUT2D eigenvalue weighted by molar-refractivity contribution is 0.264. The molecule has 1 rings (SSSR count). The summed E-state index contributed by atoms with van der Waals surface area (Å²) in [6, 6.07) is 0. The van der Waals surface area contributed by atoms with Crippen LogP contribution < -0.4 is 11.4 Å². The summed E-state index contributed by atoms with van der Waals surface area (Å²) in [6.45, 7) is 4.60. The van der Waals surface area contributed by atoms with E-state index in [9.17, 15) is 4.79 Å². The number of nitrogens with two attached hydrogens (primary N) is 1. The minimum atomic E-state index is -0.211. The van der Waals surface area contributed by atoms with Crippen molar-refractivity contribution in [3.8, 4) is 0 Å². The van der Waals surface area contributed by atoms with Gasteiger partial charge in [0.15, 0.2) is 0 Å². The van der Waals surface area contributed by atoms with E-state index in [1.807, 2.05) is 0 Å². The Bertz CT molecular complexity index is 300. The number of nitrogens with zero attached hydrogens (tertiary/aromatic N) is 1. The first-order valence-corrected chi connectivity index (χ1v) is 4.66. The maximum Gasteiger partial charge on any atom is 0.326 e. The molecule has 0 atom stereocenters. The number of nitrogens with one attached hydrogen (secondary N) is 1. The van der Waals surface area contributed by atoms with Crippen LogP contribution >= 0.6 is 0 Å².